The highest BCUT2D eigenvalue weighted by Crippen LogP contribution is 2.47. The van der Waals surface area contributed by atoms with Gasteiger partial charge in [-0.05, 0) is 36.6 Å². The summed E-state index contributed by atoms with van der Waals surface area (Å²) in [6.07, 6.45) is 2.57. The molecular weight excluding hydrogens is 300 g/mol. The number of fused-ring (bicyclic) bond motifs is 2. The van der Waals surface area contributed by atoms with E-state index >= 15 is 0 Å². The van der Waals surface area contributed by atoms with Crippen LogP contribution in [0.5, 0.6) is 0 Å². The van der Waals surface area contributed by atoms with Crippen LogP contribution in [0.4, 0.5) is 0 Å². The maximum Gasteiger partial charge on any atom is 0.0311 e. The van der Waals surface area contributed by atoms with E-state index in [0.29, 0.717) is 0 Å². The van der Waals surface area contributed by atoms with Crippen LogP contribution in [0.25, 0.3) is 0 Å². The van der Waals surface area contributed by atoms with Crippen molar-refractivity contribution in [2.45, 2.75) is 38.0 Å². The predicted octanol–water partition coefficient (Wildman–Crippen LogP) is 5.36. The average molecular weight is 317 g/mol. The van der Waals surface area contributed by atoms with Crippen LogP contribution in [0.1, 0.15) is 12.0 Å². The van der Waals surface area contributed by atoms with Gasteiger partial charge in [0.05, 0.1) is 0 Å². The van der Waals surface area contributed by atoms with Gasteiger partial charge in [-0.15, -0.1) is 35.3 Å². The molecule has 0 aliphatic carbocycles. The van der Waals surface area contributed by atoms with E-state index in [4.69, 9.17) is 0 Å². The molecule has 0 fully saturated rings. The number of rotatable bonds is 1. The molecule has 2 aliphatic heterocycles. The molecule has 2 unspecified atom stereocenters. The minimum atomic E-state index is 0.744. The van der Waals surface area contributed by atoms with Gasteiger partial charge in [-0.3, -0.25) is 0 Å². The zero-order valence-corrected chi connectivity index (χ0v) is 13.6. The Morgan fingerprint density at radius 1 is 0.750 bits per heavy atom. The third-order valence-corrected chi connectivity index (χ3v) is 8.53. The molecule has 0 saturated heterocycles. The number of hydrogen-bond acceptors (Lipinski definition) is 3. The molecule has 2 aromatic rings. The third kappa shape index (κ3) is 2.51. The van der Waals surface area contributed by atoms with E-state index in [9.17, 15) is 0 Å². The molecular formula is C17H16S3. The molecule has 2 heterocycles. The van der Waals surface area contributed by atoms with E-state index in [2.05, 4.69) is 72.1 Å². The highest BCUT2D eigenvalue weighted by Gasteiger charge is 2.30. The second-order valence-corrected chi connectivity index (χ2v) is 8.84. The molecule has 0 N–H and O–H groups in total. The van der Waals surface area contributed by atoms with Gasteiger partial charge < -0.3 is 0 Å². The lowest BCUT2D eigenvalue weighted by Crippen LogP contribution is -2.27. The van der Waals surface area contributed by atoms with Crippen molar-refractivity contribution in [3.63, 3.8) is 0 Å². The Hall–Kier alpha value is -0.510. The fourth-order valence-corrected chi connectivity index (χ4v) is 7.28. The summed E-state index contributed by atoms with van der Waals surface area (Å²) in [6, 6.07) is 17.8. The quantitative estimate of drug-likeness (QED) is 0.695. The number of aryl methyl sites for hydroxylation is 1. The first kappa shape index (κ1) is 13.2. The summed E-state index contributed by atoms with van der Waals surface area (Å²) in [4.78, 5) is 4.45. The van der Waals surface area contributed by atoms with E-state index in [-0.39, 0.29) is 0 Å². The molecule has 0 amide bonds. The Bertz CT molecular complexity index is 568. The number of benzene rings is 2. The summed E-state index contributed by atoms with van der Waals surface area (Å²) >= 11 is 6.24. The molecule has 0 bridgehead atoms. The lowest BCUT2D eigenvalue weighted by molar-refractivity contribution is 0.726. The molecule has 0 aromatic heterocycles. The van der Waals surface area contributed by atoms with Crippen LogP contribution < -0.4 is 0 Å². The molecule has 2 aliphatic rings. The summed E-state index contributed by atoms with van der Waals surface area (Å²) in [7, 11) is 0. The molecule has 2 aromatic carbocycles. The predicted molar refractivity (Wildman–Crippen MR) is 91.2 cm³/mol. The minimum absolute atomic E-state index is 0.744. The summed E-state index contributed by atoms with van der Waals surface area (Å²) in [6.45, 7) is 0. The minimum Gasteiger partial charge on any atom is -0.124 e. The Labute approximate surface area is 133 Å². The Kier molecular flexibility index (Phi) is 3.76. The molecule has 0 nitrogen and oxygen atoms in total. The SMILES string of the molecule is c1ccc2c(c1)CCC(C1CSc3ccccc3S1)S2. The molecule has 4 rings (SSSR count). The van der Waals surface area contributed by atoms with Gasteiger partial charge in [0.2, 0.25) is 0 Å². The van der Waals surface area contributed by atoms with Gasteiger partial charge in [0.15, 0.2) is 0 Å². The first-order valence-corrected chi connectivity index (χ1v) is 9.78. The molecule has 3 heteroatoms. The van der Waals surface area contributed by atoms with Crippen molar-refractivity contribution < 1.29 is 0 Å². The monoisotopic (exact) mass is 316 g/mol. The first-order chi connectivity index (χ1) is 9.90. The normalized spacial score (nSPS) is 24.8. The Balaban J connectivity index is 1.53. The highest BCUT2D eigenvalue weighted by molar-refractivity contribution is 8.07. The molecule has 0 spiro atoms. The Morgan fingerprint density at radius 3 is 2.35 bits per heavy atom. The first-order valence-electron chi connectivity index (χ1n) is 7.03. The molecule has 2 atom stereocenters. The van der Waals surface area contributed by atoms with Crippen molar-refractivity contribution in [3.05, 3.63) is 54.1 Å². The van der Waals surface area contributed by atoms with Crippen LogP contribution in [0.15, 0.2) is 63.2 Å². The van der Waals surface area contributed by atoms with Crippen molar-refractivity contribution in [2.24, 2.45) is 0 Å². The summed E-state index contributed by atoms with van der Waals surface area (Å²) in [5.41, 5.74) is 1.54. The van der Waals surface area contributed by atoms with E-state index in [1.165, 1.54) is 33.3 Å². The zero-order valence-electron chi connectivity index (χ0n) is 11.1. The van der Waals surface area contributed by atoms with Crippen molar-refractivity contribution in [2.75, 3.05) is 5.75 Å². The lowest BCUT2D eigenvalue weighted by Gasteiger charge is -2.33. The van der Waals surface area contributed by atoms with Gasteiger partial charge >= 0.3 is 0 Å². The summed E-state index contributed by atoms with van der Waals surface area (Å²) < 4.78 is 0. The lowest BCUT2D eigenvalue weighted by atomic mass is 10.1. The van der Waals surface area contributed by atoms with Gasteiger partial charge in [0, 0.05) is 30.9 Å². The van der Waals surface area contributed by atoms with Crippen LogP contribution >= 0.6 is 35.3 Å². The topological polar surface area (TPSA) is 0 Å². The van der Waals surface area contributed by atoms with Crippen LogP contribution in [0, 0.1) is 0 Å². The highest BCUT2D eigenvalue weighted by atomic mass is 32.2. The fourth-order valence-electron chi connectivity index (χ4n) is 2.83. The van der Waals surface area contributed by atoms with E-state index < -0.39 is 0 Å². The van der Waals surface area contributed by atoms with Crippen molar-refractivity contribution in [1.29, 1.82) is 0 Å². The average Bonchev–Trinajstić information content (AvgIpc) is 2.54. The van der Waals surface area contributed by atoms with Gasteiger partial charge in [-0.1, -0.05) is 30.3 Å². The zero-order chi connectivity index (χ0) is 13.4. The van der Waals surface area contributed by atoms with Crippen LogP contribution in [0.3, 0.4) is 0 Å². The van der Waals surface area contributed by atoms with Crippen molar-refractivity contribution in [3.8, 4) is 0 Å². The summed E-state index contributed by atoms with van der Waals surface area (Å²) in [5.74, 6) is 1.25. The van der Waals surface area contributed by atoms with E-state index in [0.717, 1.165) is 10.5 Å². The van der Waals surface area contributed by atoms with Gasteiger partial charge in [0.25, 0.3) is 0 Å². The largest absolute Gasteiger partial charge is 0.124 e. The Morgan fingerprint density at radius 2 is 1.45 bits per heavy atom. The molecule has 20 heavy (non-hydrogen) atoms. The van der Waals surface area contributed by atoms with Crippen LogP contribution in [-0.4, -0.2) is 16.3 Å². The second kappa shape index (κ2) is 5.70. The number of thioether (sulfide) groups is 3. The maximum atomic E-state index is 2.29. The van der Waals surface area contributed by atoms with Crippen LogP contribution in [-0.2, 0) is 6.42 Å². The molecule has 102 valence electrons. The molecule has 0 radical (unpaired) electrons. The van der Waals surface area contributed by atoms with Crippen LogP contribution in [0.2, 0.25) is 0 Å². The standard InChI is InChI=1S/C17H16S3/c1-2-6-13-12(5-1)9-10-16(19-13)17-11-18-14-7-3-4-8-15(14)20-17/h1-8,16-17H,9-11H2. The number of hydrogen-bond donors (Lipinski definition) is 0. The second-order valence-electron chi connectivity index (χ2n) is 5.22. The fraction of sp³-hybridized carbons (Fsp3) is 0.294. The smallest absolute Gasteiger partial charge is 0.0311 e. The maximum absolute atomic E-state index is 2.29. The van der Waals surface area contributed by atoms with Gasteiger partial charge in [-0.25, -0.2) is 0 Å². The van der Waals surface area contributed by atoms with Crippen molar-refractivity contribution in [1.82, 2.24) is 0 Å². The van der Waals surface area contributed by atoms with Crippen molar-refractivity contribution >= 4 is 35.3 Å². The molecule has 0 saturated carbocycles. The van der Waals surface area contributed by atoms with E-state index in [1.54, 1.807) is 5.56 Å². The third-order valence-electron chi connectivity index (χ3n) is 3.89. The van der Waals surface area contributed by atoms with Gasteiger partial charge in [0.1, 0.15) is 0 Å². The summed E-state index contributed by atoms with van der Waals surface area (Å²) in [5, 5.41) is 1.50. The van der Waals surface area contributed by atoms with Gasteiger partial charge in [-0.2, -0.15) is 0 Å². The van der Waals surface area contributed by atoms with E-state index in [1.807, 2.05) is 11.8 Å².